The van der Waals surface area contributed by atoms with Crippen molar-refractivity contribution in [3.8, 4) is 0 Å². The van der Waals surface area contributed by atoms with Gasteiger partial charge in [0.25, 0.3) is 0 Å². The molecule has 1 aliphatic rings. The number of hydrogen-bond donors (Lipinski definition) is 0. The molecule has 2 unspecified atom stereocenters. The Bertz CT molecular complexity index is 248. The molecule has 4 nitrogen and oxygen atoms in total. The van der Waals surface area contributed by atoms with Crippen LogP contribution in [-0.4, -0.2) is 17.1 Å². The van der Waals surface area contributed by atoms with Crippen molar-refractivity contribution in [3.05, 3.63) is 21.9 Å². The van der Waals surface area contributed by atoms with E-state index in [2.05, 4.69) is 0 Å². The summed E-state index contributed by atoms with van der Waals surface area (Å²) < 4.78 is 5.51. The van der Waals surface area contributed by atoms with Gasteiger partial charge in [-0.25, -0.2) is 0 Å². The van der Waals surface area contributed by atoms with E-state index in [9.17, 15) is 10.1 Å². The molecule has 1 saturated heterocycles. The van der Waals surface area contributed by atoms with Crippen molar-refractivity contribution in [1.82, 2.24) is 0 Å². The molecule has 0 bridgehead atoms. The van der Waals surface area contributed by atoms with Gasteiger partial charge in [-0.3, -0.25) is 10.1 Å². The van der Waals surface area contributed by atoms with Crippen LogP contribution in [0.25, 0.3) is 0 Å². The lowest BCUT2D eigenvalue weighted by Gasteiger charge is -2.07. The van der Waals surface area contributed by atoms with E-state index >= 15 is 0 Å². The molecule has 0 aromatic rings. The fraction of sp³-hybridized carbons (Fsp3) is 0.800. The highest BCUT2D eigenvalue weighted by Crippen LogP contribution is 2.22. The minimum Gasteiger partial charge on any atom is -0.371 e. The van der Waals surface area contributed by atoms with E-state index in [1.807, 2.05) is 20.8 Å². The van der Waals surface area contributed by atoms with Gasteiger partial charge in [-0.1, -0.05) is 13.8 Å². The van der Waals surface area contributed by atoms with Gasteiger partial charge in [0.1, 0.15) is 0 Å². The van der Waals surface area contributed by atoms with Crippen LogP contribution in [0.5, 0.6) is 0 Å². The number of ether oxygens (including phenoxy) is 1. The normalized spacial score (nSPS) is 28.4. The second-order valence-electron chi connectivity index (χ2n) is 4.07. The van der Waals surface area contributed by atoms with E-state index in [4.69, 9.17) is 4.74 Å². The van der Waals surface area contributed by atoms with E-state index in [1.54, 1.807) is 6.08 Å². The topological polar surface area (TPSA) is 52.4 Å². The highest BCUT2D eigenvalue weighted by atomic mass is 16.6. The van der Waals surface area contributed by atoms with Gasteiger partial charge in [-0.2, -0.15) is 0 Å². The molecule has 0 aliphatic carbocycles. The number of nitrogens with zero attached hydrogens (tertiary/aromatic N) is 1. The summed E-state index contributed by atoms with van der Waals surface area (Å²) in [6.07, 6.45) is 3.72. The molecule has 1 fully saturated rings. The van der Waals surface area contributed by atoms with Crippen molar-refractivity contribution in [2.45, 2.75) is 45.8 Å². The molecule has 1 heterocycles. The number of nitro groups is 1. The molecule has 0 amide bonds. The van der Waals surface area contributed by atoms with Crippen molar-refractivity contribution < 1.29 is 9.66 Å². The molecule has 4 heteroatoms. The van der Waals surface area contributed by atoms with Crippen molar-refractivity contribution in [3.63, 3.8) is 0 Å². The Labute approximate surface area is 84.1 Å². The second-order valence-corrected chi connectivity index (χ2v) is 4.07. The molecule has 14 heavy (non-hydrogen) atoms. The van der Waals surface area contributed by atoms with Gasteiger partial charge in [0.05, 0.1) is 17.1 Å². The van der Waals surface area contributed by atoms with Crippen LogP contribution in [-0.2, 0) is 4.74 Å². The minimum absolute atomic E-state index is 0.0514. The lowest BCUT2D eigenvalue weighted by molar-refractivity contribution is -0.433. The van der Waals surface area contributed by atoms with Crippen LogP contribution >= 0.6 is 0 Å². The first-order chi connectivity index (χ1) is 6.50. The van der Waals surface area contributed by atoms with E-state index in [-0.39, 0.29) is 28.7 Å². The maximum absolute atomic E-state index is 10.7. The third-order valence-corrected chi connectivity index (χ3v) is 2.42. The van der Waals surface area contributed by atoms with Crippen molar-refractivity contribution in [2.24, 2.45) is 5.92 Å². The van der Waals surface area contributed by atoms with Gasteiger partial charge >= 0.3 is 0 Å². The smallest absolute Gasteiger partial charge is 0.247 e. The molecular formula is C10H17NO3. The highest BCUT2D eigenvalue weighted by molar-refractivity contribution is 5.01. The summed E-state index contributed by atoms with van der Waals surface area (Å²) in [5.74, 6) is -0.0514. The van der Waals surface area contributed by atoms with Crippen molar-refractivity contribution in [1.29, 1.82) is 0 Å². The van der Waals surface area contributed by atoms with Crippen LogP contribution in [0.1, 0.15) is 33.6 Å². The minimum atomic E-state index is -0.309. The third-order valence-electron chi connectivity index (χ3n) is 2.42. The molecule has 0 saturated carbocycles. The molecule has 0 spiro atoms. The SMILES string of the molecule is CC1CCC(/C=C(/C(C)C)[N+](=O)[O-])O1. The lowest BCUT2D eigenvalue weighted by atomic mass is 10.1. The maximum atomic E-state index is 10.7. The molecule has 0 N–H and O–H groups in total. The first-order valence-electron chi connectivity index (χ1n) is 5.02. The van der Waals surface area contributed by atoms with Gasteiger partial charge < -0.3 is 4.74 Å². The van der Waals surface area contributed by atoms with Gasteiger partial charge in [-0.05, 0) is 19.8 Å². The van der Waals surface area contributed by atoms with Crippen LogP contribution in [0.4, 0.5) is 0 Å². The monoisotopic (exact) mass is 199 g/mol. The Balaban J connectivity index is 2.68. The quantitative estimate of drug-likeness (QED) is 0.518. The van der Waals surface area contributed by atoms with E-state index < -0.39 is 0 Å². The first kappa shape index (κ1) is 11.2. The predicted molar refractivity (Wildman–Crippen MR) is 53.5 cm³/mol. The van der Waals surface area contributed by atoms with Gasteiger partial charge in [0.15, 0.2) is 0 Å². The van der Waals surface area contributed by atoms with E-state index in [1.165, 1.54) is 0 Å². The molecule has 2 atom stereocenters. The van der Waals surface area contributed by atoms with Crippen molar-refractivity contribution >= 4 is 0 Å². The third kappa shape index (κ3) is 2.80. The Hall–Kier alpha value is -0.900. The fourth-order valence-electron chi connectivity index (χ4n) is 1.61. The van der Waals surface area contributed by atoms with Crippen molar-refractivity contribution in [2.75, 3.05) is 0 Å². The van der Waals surface area contributed by atoms with Gasteiger partial charge in [0.2, 0.25) is 5.70 Å². The summed E-state index contributed by atoms with van der Waals surface area (Å²) in [5.41, 5.74) is 0.268. The number of hydrogen-bond acceptors (Lipinski definition) is 3. The molecule has 80 valence electrons. The average Bonchev–Trinajstić information content (AvgIpc) is 2.46. The summed E-state index contributed by atoms with van der Waals surface area (Å²) >= 11 is 0. The predicted octanol–water partition coefficient (Wildman–Crippen LogP) is 2.37. The van der Waals surface area contributed by atoms with Crippen LogP contribution in [0.3, 0.4) is 0 Å². The molecule has 1 rings (SSSR count). The second kappa shape index (κ2) is 4.55. The van der Waals surface area contributed by atoms with E-state index in [0.29, 0.717) is 0 Å². The average molecular weight is 199 g/mol. The summed E-state index contributed by atoms with van der Waals surface area (Å²) in [6, 6.07) is 0. The largest absolute Gasteiger partial charge is 0.371 e. The van der Waals surface area contributed by atoms with E-state index in [0.717, 1.165) is 12.8 Å². The van der Waals surface area contributed by atoms with Crippen LogP contribution in [0.15, 0.2) is 11.8 Å². The zero-order valence-electron chi connectivity index (χ0n) is 8.90. The zero-order valence-corrected chi connectivity index (χ0v) is 8.90. The Kier molecular flexibility index (Phi) is 3.63. The maximum Gasteiger partial charge on any atom is 0.247 e. The first-order valence-corrected chi connectivity index (χ1v) is 5.02. The summed E-state index contributed by atoms with van der Waals surface area (Å²) in [5, 5.41) is 10.7. The van der Waals surface area contributed by atoms with Crippen LogP contribution in [0, 0.1) is 16.0 Å². The van der Waals surface area contributed by atoms with Gasteiger partial charge in [-0.15, -0.1) is 0 Å². The Morgan fingerprint density at radius 1 is 1.57 bits per heavy atom. The zero-order chi connectivity index (χ0) is 10.7. The molecule has 0 radical (unpaired) electrons. The summed E-state index contributed by atoms with van der Waals surface area (Å²) in [6.45, 7) is 5.65. The Morgan fingerprint density at radius 3 is 2.57 bits per heavy atom. The standard InChI is InChI=1S/C10H17NO3/c1-7(2)10(11(12)13)6-9-5-4-8(3)14-9/h6-9H,4-5H2,1-3H3/b10-6-. The van der Waals surface area contributed by atoms with Gasteiger partial charge in [0, 0.05) is 12.0 Å². The van der Waals surface area contributed by atoms with Crippen LogP contribution < -0.4 is 0 Å². The fourth-order valence-corrected chi connectivity index (χ4v) is 1.61. The lowest BCUT2D eigenvalue weighted by Crippen LogP contribution is -2.12. The molecule has 1 aliphatic heterocycles. The molecular weight excluding hydrogens is 182 g/mol. The summed E-state index contributed by atoms with van der Waals surface area (Å²) in [7, 11) is 0. The van der Waals surface area contributed by atoms with Crippen LogP contribution in [0.2, 0.25) is 0 Å². The number of allylic oxidation sites excluding steroid dienone is 1. The highest BCUT2D eigenvalue weighted by Gasteiger charge is 2.24. The molecule has 0 aromatic heterocycles. The number of rotatable bonds is 3. The Morgan fingerprint density at radius 2 is 2.21 bits per heavy atom. The molecule has 0 aromatic carbocycles. The summed E-state index contributed by atoms with van der Waals surface area (Å²) in [4.78, 5) is 10.4.